The molecule has 2 aromatic carbocycles. The Labute approximate surface area is 146 Å². The predicted octanol–water partition coefficient (Wildman–Crippen LogP) is 4.76. The molecule has 0 aliphatic heterocycles. The fourth-order valence-electron chi connectivity index (χ4n) is 4.36. The standard InChI is InChI=1S/C22H29Ge/c1-17(2)21-15-14-18(3)16-22(21)23(19-10-6-4-7-11-19)20-12-8-5-9-13-20/h4-13,17-18,21-22H,14-16H2,1-3H3/t18-,21-,22-/m1/s1. The number of benzene rings is 2. The maximum absolute atomic E-state index is 2.47. The zero-order valence-corrected chi connectivity index (χ0v) is 16.8. The SMILES string of the molecule is CC(C)[C@H]1CC[C@@H](C)C[C@H]1[Ge]([c]1ccccc1)[c]1ccccc1. The van der Waals surface area contributed by atoms with Gasteiger partial charge < -0.3 is 0 Å². The molecule has 23 heavy (non-hydrogen) atoms. The van der Waals surface area contributed by atoms with Gasteiger partial charge in [-0.05, 0) is 0 Å². The van der Waals surface area contributed by atoms with E-state index in [1.54, 1.807) is 8.79 Å². The molecule has 1 saturated carbocycles. The van der Waals surface area contributed by atoms with Crippen LogP contribution < -0.4 is 8.79 Å². The summed E-state index contributed by atoms with van der Waals surface area (Å²) >= 11 is -1.53. The van der Waals surface area contributed by atoms with Crippen LogP contribution in [0.25, 0.3) is 0 Å². The van der Waals surface area contributed by atoms with Crippen LogP contribution in [0.2, 0.25) is 4.75 Å². The fraction of sp³-hybridized carbons (Fsp3) is 0.455. The molecule has 0 saturated heterocycles. The molecule has 121 valence electrons. The van der Waals surface area contributed by atoms with Gasteiger partial charge in [-0.1, -0.05) is 0 Å². The van der Waals surface area contributed by atoms with E-state index in [1.807, 2.05) is 0 Å². The minimum atomic E-state index is -1.53. The summed E-state index contributed by atoms with van der Waals surface area (Å²) in [5.74, 6) is 2.61. The van der Waals surface area contributed by atoms with Crippen LogP contribution in [0, 0.1) is 17.8 Å². The Kier molecular flexibility index (Phi) is 5.63. The molecule has 1 fully saturated rings. The van der Waals surface area contributed by atoms with E-state index in [9.17, 15) is 0 Å². The van der Waals surface area contributed by atoms with Gasteiger partial charge in [-0.25, -0.2) is 0 Å². The predicted molar refractivity (Wildman–Crippen MR) is 103 cm³/mol. The van der Waals surface area contributed by atoms with Crippen molar-refractivity contribution in [2.24, 2.45) is 17.8 Å². The average molecular weight is 366 g/mol. The van der Waals surface area contributed by atoms with Gasteiger partial charge in [0, 0.05) is 0 Å². The Balaban J connectivity index is 2.03. The van der Waals surface area contributed by atoms with Crippen LogP contribution >= 0.6 is 0 Å². The summed E-state index contributed by atoms with van der Waals surface area (Å²) in [5.41, 5.74) is 0. The Morgan fingerprint density at radius 2 is 1.35 bits per heavy atom. The van der Waals surface area contributed by atoms with E-state index in [1.165, 1.54) is 19.3 Å². The minimum absolute atomic E-state index is 0.808. The van der Waals surface area contributed by atoms with Gasteiger partial charge in [-0.3, -0.25) is 0 Å². The van der Waals surface area contributed by atoms with Gasteiger partial charge in [0.25, 0.3) is 0 Å². The Morgan fingerprint density at radius 3 is 1.83 bits per heavy atom. The summed E-state index contributed by atoms with van der Waals surface area (Å²) in [5, 5.41) is 0. The molecular weight excluding hydrogens is 337 g/mol. The van der Waals surface area contributed by atoms with E-state index >= 15 is 0 Å². The normalized spacial score (nSPS) is 25.0. The zero-order chi connectivity index (χ0) is 16.2. The van der Waals surface area contributed by atoms with Crippen molar-refractivity contribution in [2.45, 2.75) is 44.8 Å². The summed E-state index contributed by atoms with van der Waals surface area (Å²) in [6, 6.07) is 22.9. The Bertz CT molecular complexity index is 550. The zero-order valence-electron chi connectivity index (χ0n) is 14.7. The van der Waals surface area contributed by atoms with E-state index in [-0.39, 0.29) is 0 Å². The molecule has 0 nitrogen and oxygen atoms in total. The quantitative estimate of drug-likeness (QED) is 0.685. The summed E-state index contributed by atoms with van der Waals surface area (Å²) in [4.78, 5) is 0. The van der Waals surface area contributed by atoms with Crippen molar-refractivity contribution in [2.75, 3.05) is 0 Å². The van der Waals surface area contributed by atoms with E-state index < -0.39 is 14.3 Å². The van der Waals surface area contributed by atoms with Gasteiger partial charge in [-0.2, -0.15) is 0 Å². The van der Waals surface area contributed by atoms with E-state index in [0.29, 0.717) is 0 Å². The van der Waals surface area contributed by atoms with Crippen LogP contribution in [-0.4, -0.2) is 14.3 Å². The molecule has 0 amide bonds. The first kappa shape index (κ1) is 16.8. The van der Waals surface area contributed by atoms with Crippen molar-refractivity contribution in [1.82, 2.24) is 0 Å². The molecule has 0 bridgehead atoms. The molecule has 1 radical (unpaired) electrons. The number of hydrogen-bond acceptors (Lipinski definition) is 0. The van der Waals surface area contributed by atoms with Crippen LogP contribution in [0.5, 0.6) is 0 Å². The van der Waals surface area contributed by atoms with Crippen LogP contribution in [0.15, 0.2) is 60.7 Å². The molecule has 0 unspecified atom stereocenters. The third kappa shape index (κ3) is 3.91. The molecule has 2 aromatic rings. The van der Waals surface area contributed by atoms with Crippen LogP contribution in [0.1, 0.15) is 40.0 Å². The number of rotatable bonds is 4. The molecule has 1 aliphatic rings. The molecular formula is C22H29Ge. The summed E-state index contributed by atoms with van der Waals surface area (Å²) in [6.45, 7) is 7.36. The van der Waals surface area contributed by atoms with Gasteiger partial charge >= 0.3 is 146 Å². The molecule has 1 heteroatoms. The van der Waals surface area contributed by atoms with Gasteiger partial charge in [0.1, 0.15) is 0 Å². The molecule has 1 aliphatic carbocycles. The molecule has 3 rings (SSSR count). The third-order valence-corrected chi connectivity index (χ3v) is 12.5. The van der Waals surface area contributed by atoms with Crippen molar-refractivity contribution in [1.29, 1.82) is 0 Å². The Hall–Kier alpha value is -1.02. The second-order valence-corrected chi connectivity index (χ2v) is 13.3. The van der Waals surface area contributed by atoms with Crippen molar-refractivity contribution in [3.05, 3.63) is 60.7 Å². The topological polar surface area (TPSA) is 0 Å². The average Bonchev–Trinajstić information content (AvgIpc) is 2.57. The van der Waals surface area contributed by atoms with E-state index in [4.69, 9.17) is 0 Å². The summed E-state index contributed by atoms with van der Waals surface area (Å²) in [6.07, 6.45) is 4.29. The van der Waals surface area contributed by atoms with Crippen molar-refractivity contribution in [3.63, 3.8) is 0 Å². The monoisotopic (exact) mass is 367 g/mol. The van der Waals surface area contributed by atoms with E-state index in [2.05, 4.69) is 81.4 Å². The first-order chi connectivity index (χ1) is 11.2. The van der Waals surface area contributed by atoms with Crippen LogP contribution in [0.3, 0.4) is 0 Å². The molecule has 0 aromatic heterocycles. The Morgan fingerprint density at radius 1 is 0.826 bits per heavy atom. The van der Waals surface area contributed by atoms with Gasteiger partial charge in [0.2, 0.25) is 0 Å². The van der Waals surface area contributed by atoms with Crippen LogP contribution in [0.4, 0.5) is 0 Å². The van der Waals surface area contributed by atoms with Crippen molar-refractivity contribution in [3.8, 4) is 0 Å². The van der Waals surface area contributed by atoms with Gasteiger partial charge in [0.05, 0.1) is 0 Å². The first-order valence-corrected chi connectivity index (χ1v) is 12.5. The summed E-state index contributed by atoms with van der Waals surface area (Å²) in [7, 11) is 0. The molecule has 0 spiro atoms. The second kappa shape index (κ2) is 7.70. The molecule has 3 atom stereocenters. The fourth-order valence-corrected chi connectivity index (χ4v) is 12.6. The number of hydrogen-bond donors (Lipinski definition) is 0. The third-order valence-electron chi connectivity index (χ3n) is 5.56. The first-order valence-electron chi connectivity index (χ1n) is 9.14. The maximum atomic E-state index is 2.47. The second-order valence-electron chi connectivity index (χ2n) is 7.58. The van der Waals surface area contributed by atoms with Crippen LogP contribution in [-0.2, 0) is 0 Å². The van der Waals surface area contributed by atoms with Crippen molar-refractivity contribution >= 4 is 23.1 Å². The molecule has 0 N–H and O–H groups in total. The summed E-state index contributed by atoms with van der Waals surface area (Å²) < 4.78 is 4.23. The van der Waals surface area contributed by atoms with Gasteiger partial charge in [-0.15, -0.1) is 0 Å². The van der Waals surface area contributed by atoms with Gasteiger partial charge in [0.15, 0.2) is 0 Å². The van der Waals surface area contributed by atoms with Crippen molar-refractivity contribution < 1.29 is 0 Å². The van der Waals surface area contributed by atoms with E-state index in [0.717, 1.165) is 22.5 Å². The molecule has 0 heterocycles.